The summed E-state index contributed by atoms with van der Waals surface area (Å²) in [5.41, 5.74) is 0.491. The molecule has 5 rings (SSSR count). The summed E-state index contributed by atoms with van der Waals surface area (Å²) in [5, 5.41) is 22.8. The van der Waals surface area contributed by atoms with Gasteiger partial charge in [-0.3, -0.25) is 9.78 Å². The van der Waals surface area contributed by atoms with Gasteiger partial charge >= 0.3 is 5.97 Å². The average Bonchev–Trinajstić information content (AvgIpc) is 2.95. The molecule has 1 saturated heterocycles. The molecule has 39 heavy (non-hydrogen) atoms. The number of carbonyl (C=O) groups is 1. The van der Waals surface area contributed by atoms with Crippen LogP contribution in [-0.4, -0.2) is 55.3 Å². The monoisotopic (exact) mass is 528 g/mol. The maximum atomic E-state index is 11.6. The largest absolute Gasteiger partial charge is 0.508 e. The Hall–Kier alpha value is -4.47. The van der Waals surface area contributed by atoms with Gasteiger partial charge in [0, 0.05) is 24.7 Å². The van der Waals surface area contributed by atoms with Crippen molar-refractivity contribution in [3.8, 4) is 11.4 Å². The second-order valence-corrected chi connectivity index (χ2v) is 10.2. The minimum atomic E-state index is -0.987. The zero-order valence-corrected chi connectivity index (χ0v) is 22.0. The number of benzene rings is 1. The summed E-state index contributed by atoms with van der Waals surface area (Å²) in [5.74, 6) is 2.35. The lowest BCUT2D eigenvalue weighted by atomic mass is 9.84. The van der Waals surface area contributed by atoms with E-state index in [2.05, 4.69) is 25.2 Å². The Bertz CT molecular complexity index is 1400. The number of carboxylic acid groups (broad SMARTS) is 1. The third-order valence-corrected chi connectivity index (χ3v) is 7.03. The molecular formula is C29H32N6O4. The van der Waals surface area contributed by atoms with Crippen molar-refractivity contribution in [3.05, 3.63) is 78.2 Å². The Labute approximate surface area is 227 Å². The molecule has 10 heteroatoms. The van der Waals surface area contributed by atoms with Crippen molar-refractivity contribution >= 4 is 23.4 Å². The lowest BCUT2D eigenvalue weighted by Crippen LogP contribution is -2.40. The van der Waals surface area contributed by atoms with Gasteiger partial charge in [0.25, 0.3) is 0 Å². The fourth-order valence-corrected chi connectivity index (χ4v) is 4.59. The van der Waals surface area contributed by atoms with E-state index >= 15 is 0 Å². The molecular weight excluding hydrogens is 496 g/mol. The van der Waals surface area contributed by atoms with Crippen molar-refractivity contribution in [2.24, 2.45) is 0 Å². The molecule has 0 spiro atoms. The van der Waals surface area contributed by atoms with Gasteiger partial charge in [-0.2, -0.15) is 0 Å². The first kappa shape index (κ1) is 26.1. The molecule has 2 aromatic heterocycles. The van der Waals surface area contributed by atoms with Crippen molar-refractivity contribution in [2.45, 2.75) is 51.0 Å². The Balaban J connectivity index is 1.27. The van der Waals surface area contributed by atoms with Crippen molar-refractivity contribution < 1.29 is 19.7 Å². The SMILES string of the molecule is CC(C)(C(=O)O)c1ccc(-c2nccc(Nc3cncc(N4CCCC(OC5=C(O)CCC=C5)C4)n3)n2)cc1. The first-order valence-corrected chi connectivity index (χ1v) is 13.1. The van der Waals surface area contributed by atoms with Crippen LogP contribution >= 0.6 is 0 Å². The predicted molar refractivity (Wildman–Crippen MR) is 148 cm³/mol. The number of anilines is 3. The molecule has 1 aromatic carbocycles. The average molecular weight is 529 g/mol. The van der Waals surface area contributed by atoms with Crippen LogP contribution < -0.4 is 10.2 Å². The molecule has 1 atom stereocenters. The van der Waals surface area contributed by atoms with Gasteiger partial charge in [0.1, 0.15) is 23.5 Å². The van der Waals surface area contributed by atoms with Gasteiger partial charge in [-0.05, 0) is 50.8 Å². The molecule has 0 radical (unpaired) electrons. The quantitative estimate of drug-likeness (QED) is 0.361. The molecule has 0 bridgehead atoms. The number of piperidine rings is 1. The fourth-order valence-electron chi connectivity index (χ4n) is 4.59. The standard InChI is InChI=1S/C29H32N6O4/c1-29(2,28(37)38)20-11-9-19(10-12-20)27-31-14-13-24(34-27)32-25-16-30-17-26(33-25)35-15-5-6-21(18-35)39-23-8-4-3-7-22(23)36/h4,8-14,16-17,21,36H,3,5-7,15,18H2,1-2H3,(H,37,38)(H,31,32,33,34). The molecule has 1 unspecified atom stereocenters. The Morgan fingerprint density at radius 3 is 2.72 bits per heavy atom. The van der Waals surface area contributed by atoms with Gasteiger partial charge < -0.3 is 25.2 Å². The first-order valence-electron chi connectivity index (χ1n) is 13.1. The van der Waals surface area contributed by atoms with Crippen LogP contribution in [0.3, 0.4) is 0 Å². The molecule has 0 amide bonds. The van der Waals surface area contributed by atoms with Crippen molar-refractivity contribution in [3.63, 3.8) is 0 Å². The van der Waals surface area contributed by atoms with Crippen LogP contribution in [0, 0.1) is 0 Å². The highest BCUT2D eigenvalue weighted by Gasteiger charge is 2.29. The summed E-state index contributed by atoms with van der Waals surface area (Å²) in [7, 11) is 0. The van der Waals surface area contributed by atoms with E-state index in [1.807, 2.05) is 24.3 Å². The third-order valence-electron chi connectivity index (χ3n) is 7.03. The summed E-state index contributed by atoms with van der Waals surface area (Å²) in [6.45, 7) is 4.84. The predicted octanol–water partition coefficient (Wildman–Crippen LogP) is 5.14. The van der Waals surface area contributed by atoms with E-state index < -0.39 is 11.4 Å². The maximum Gasteiger partial charge on any atom is 0.313 e. The lowest BCUT2D eigenvalue weighted by Gasteiger charge is -2.34. The number of aromatic nitrogens is 4. The normalized spacial score (nSPS) is 17.7. The molecule has 3 aromatic rings. The number of nitrogens with zero attached hydrogens (tertiary/aromatic N) is 5. The Morgan fingerprint density at radius 2 is 1.95 bits per heavy atom. The van der Waals surface area contributed by atoms with E-state index in [1.54, 1.807) is 50.6 Å². The van der Waals surface area contributed by atoms with Gasteiger partial charge in [0.05, 0.1) is 24.4 Å². The zero-order valence-electron chi connectivity index (χ0n) is 22.0. The van der Waals surface area contributed by atoms with Gasteiger partial charge in [0.2, 0.25) is 0 Å². The van der Waals surface area contributed by atoms with E-state index in [9.17, 15) is 15.0 Å². The molecule has 10 nitrogen and oxygen atoms in total. The first-order chi connectivity index (χ1) is 18.8. The van der Waals surface area contributed by atoms with E-state index in [4.69, 9.17) is 9.72 Å². The van der Waals surface area contributed by atoms with Crippen LogP contribution in [0.5, 0.6) is 0 Å². The summed E-state index contributed by atoms with van der Waals surface area (Å²) < 4.78 is 6.11. The lowest BCUT2D eigenvalue weighted by molar-refractivity contribution is -0.142. The van der Waals surface area contributed by atoms with Crippen LogP contribution in [0.25, 0.3) is 11.4 Å². The van der Waals surface area contributed by atoms with Crippen LogP contribution in [0.4, 0.5) is 17.5 Å². The molecule has 2 aliphatic rings. The highest BCUT2D eigenvalue weighted by atomic mass is 16.5. The zero-order chi connectivity index (χ0) is 27.4. The summed E-state index contributed by atoms with van der Waals surface area (Å²) in [6.07, 6.45) is 12.1. The molecule has 3 heterocycles. The number of nitrogens with one attached hydrogen (secondary N) is 1. The summed E-state index contributed by atoms with van der Waals surface area (Å²) in [6, 6.07) is 8.99. The second kappa shape index (κ2) is 11.1. The van der Waals surface area contributed by atoms with Gasteiger partial charge in [0.15, 0.2) is 17.4 Å². The van der Waals surface area contributed by atoms with E-state index in [-0.39, 0.29) is 6.10 Å². The minimum absolute atomic E-state index is 0.0473. The van der Waals surface area contributed by atoms with Crippen molar-refractivity contribution in [1.82, 2.24) is 19.9 Å². The van der Waals surface area contributed by atoms with Crippen molar-refractivity contribution in [2.75, 3.05) is 23.3 Å². The van der Waals surface area contributed by atoms with Crippen LogP contribution in [0.2, 0.25) is 0 Å². The van der Waals surface area contributed by atoms with Crippen molar-refractivity contribution in [1.29, 1.82) is 0 Å². The summed E-state index contributed by atoms with van der Waals surface area (Å²) in [4.78, 5) is 31.8. The number of ether oxygens (including phenoxy) is 1. The molecule has 1 aliphatic carbocycles. The van der Waals surface area contributed by atoms with Gasteiger partial charge in [-0.1, -0.05) is 30.3 Å². The van der Waals surface area contributed by atoms with Crippen LogP contribution in [0.1, 0.15) is 45.1 Å². The second-order valence-electron chi connectivity index (χ2n) is 10.2. The number of rotatable bonds is 8. The number of hydrogen-bond donors (Lipinski definition) is 3. The highest BCUT2D eigenvalue weighted by molar-refractivity contribution is 5.80. The maximum absolute atomic E-state index is 11.6. The third kappa shape index (κ3) is 6.00. The topological polar surface area (TPSA) is 134 Å². The molecule has 3 N–H and O–H groups in total. The number of carboxylic acids is 1. The molecule has 0 saturated carbocycles. The van der Waals surface area contributed by atoms with E-state index in [0.29, 0.717) is 47.5 Å². The van der Waals surface area contributed by atoms with Crippen LogP contribution in [-0.2, 0) is 14.9 Å². The fraction of sp³-hybridized carbons (Fsp3) is 0.345. The Kier molecular flexibility index (Phi) is 7.44. The van der Waals surface area contributed by atoms with Gasteiger partial charge in [-0.25, -0.2) is 15.0 Å². The number of aliphatic hydroxyl groups excluding tert-OH is 1. The molecule has 1 aliphatic heterocycles. The smallest absolute Gasteiger partial charge is 0.313 e. The number of aliphatic carboxylic acids is 1. The number of hydrogen-bond acceptors (Lipinski definition) is 9. The number of allylic oxidation sites excluding steroid dienone is 3. The van der Waals surface area contributed by atoms with E-state index in [0.717, 1.165) is 37.2 Å². The molecule has 202 valence electrons. The van der Waals surface area contributed by atoms with E-state index in [1.165, 1.54) is 0 Å². The minimum Gasteiger partial charge on any atom is -0.508 e. The Morgan fingerprint density at radius 1 is 1.13 bits per heavy atom. The summed E-state index contributed by atoms with van der Waals surface area (Å²) >= 11 is 0. The highest BCUT2D eigenvalue weighted by Crippen LogP contribution is 2.28. The van der Waals surface area contributed by atoms with Gasteiger partial charge in [-0.15, -0.1) is 0 Å². The molecule has 1 fully saturated rings. The van der Waals surface area contributed by atoms with Crippen LogP contribution in [0.15, 0.2) is 72.6 Å². The number of aliphatic hydroxyl groups is 1.